The Morgan fingerprint density at radius 1 is 1.30 bits per heavy atom. The van der Waals surface area contributed by atoms with Gasteiger partial charge in [-0.25, -0.2) is 0 Å². The highest BCUT2D eigenvalue weighted by molar-refractivity contribution is 5.87. The fourth-order valence-corrected chi connectivity index (χ4v) is 3.66. The van der Waals surface area contributed by atoms with Crippen LogP contribution in [-0.4, -0.2) is 35.1 Å². The van der Waals surface area contributed by atoms with E-state index >= 15 is 0 Å². The molecule has 20 heavy (non-hydrogen) atoms. The van der Waals surface area contributed by atoms with Gasteiger partial charge in [-0.2, -0.15) is 0 Å². The lowest BCUT2D eigenvalue weighted by atomic mass is 9.83. The zero-order chi connectivity index (χ0) is 14.6. The van der Waals surface area contributed by atoms with E-state index in [2.05, 4.69) is 17.6 Å². The van der Waals surface area contributed by atoms with Gasteiger partial charge in [-0.3, -0.25) is 9.59 Å². The normalized spacial score (nSPS) is 33.9. The van der Waals surface area contributed by atoms with Crippen molar-refractivity contribution in [2.75, 3.05) is 6.54 Å². The first-order chi connectivity index (χ1) is 9.59. The monoisotopic (exact) mass is 282 g/mol. The number of aliphatic carboxylic acids is 1. The Morgan fingerprint density at radius 2 is 2.05 bits per heavy atom. The quantitative estimate of drug-likeness (QED) is 0.716. The Bertz CT molecular complexity index is 364. The van der Waals surface area contributed by atoms with Crippen LogP contribution in [0.1, 0.15) is 58.3 Å². The van der Waals surface area contributed by atoms with E-state index < -0.39 is 17.4 Å². The third kappa shape index (κ3) is 3.14. The molecule has 3 atom stereocenters. The fraction of sp³-hybridized carbons (Fsp3) is 0.867. The molecule has 3 N–H and O–H groups in total. The van der Waals surface area contributed by atoms with Gasteiger partial charge < -0.3 is 15.7 Å². The first-order valence-electron chi connectivity index (χ1n) is 7.88. The van der Waals surface area contributed by atoms with Gasteiger partial charge >= 0.3 is 5.97 Å². The summed E-state index contributed by atoms with van der Waals surface area (Å²) in [5.74, 6) is -1.19. The van der Waals surface area contributed by atoms with Crippen molar-refractivity contribution >= 4 is 11.9 Å². The number of hydrogen-bond acceptors (Lipinski definition) is 3. The van der Waals surface area contributed by atoms with Gasteiger partial charge in [0.1, 0.15) is 0 Å². The van der Waals surface area contributed by atoms with E-state index in [1.165, 1.54) is 0 Å². The van der Waals surface area contributed by atoms with Gasteiger partial charge in [0.15, 0.2) is 0 Å². The van der Waals surface area contributed by atoms with E-state index in [1.54, 1.807) is 0 Å². The molecular weight excluding hydrogens is 256 g/mol. The molecule has 1 heterocycles. The Labute approximate surface area is 120 Å². The molecule has 0 radical (unpaired) electrons. The Balaban J connectivity index is 2.03. The Hall–Kier alpha value is -1.10. The van der Waals surface area contributed by atoms with Crippen molar-refractivity contribution in [3.8, 4) is 0 Å². The van der Waals surface area contributed by atoms with Crippen LogP contribution < -0.4 is 10.6 Å². The third-order valence-corrected chi connectivity index (χ3v) is 4.75. The van der Waals surface area contributed by atoms with E-state index in [-0.39, 0.29) is 11.9 Å². The van der Waals surface area contributed by atoms with E-state index in [0.29, 0.717) is 6.42 Å². The van der Waals surface area contributed by atoms with Crippen molar-refractivity contribution in [2.45, 2.75) is 69.9 Å². The predicted molar refractivity (Wildman–Crippen MR) is 76.4 cm³/mol. The number of amides is 1. The molecule has 1 saturated heterocycles. The molecule has 3 unspecified atom stereocenters. The van der Waals surface area contributed by atoms with Gasteiger partial charge in [0.2, 0.25) is 5.91 Å². The molecule has 0 bridgehead atoms. The van der Waals surface area contributed by atoms with Crippen molar-refractivity contribution in [1.82, 2.24) is 10.6 Å². The van der Waals surface area contributed by atoms with Crippen molar-refractivity contribution in [1.29, 1.82) is 0 Å². The number of rotatable bonds is 5. The van der Waals surface area contributed by atoms with Crippen LogP contribution in [0.2, 0.25) is 0 Å². The molecule has 2 fully saturated rings. The highest BCUT2D eigenvalue weighted by Gasteiger charge is 2.42. The van der Waals surface area contributed by atoms with Crippen molar-refractivity contribution < 1.29 is 14.7 Å². The summed E-state index contributed by atoms with van der Waals surface area (Å²) in [5, 5.41) is 15.7. The van der Waals surface area contributed by atoms with Gasteiger partial charge in [-0.15, -0.1) is 0 Å². The Kier molecular flexibility index (Phi) is 5.02. The van der Waals surface area contributed by atoms with Gasteiger partial charge in [-0.05, 0) is 38.6 Å². The second kappa shape index (κ2) is 6.57. The minimum Gasteiger partial charge on any atom is -0.481 e. The largest absolute Gasteiger partial charge is 0.481 e. The number of nitrogens with one attached hydrogen (secondary N) is 2. The minimum atomic E-state index is -0.779. The highest BCUT2D eigenvalue weighted by atomic mass is 16.4. The standard InChI is InChI=1S/C15H26N2O3/c1-2-8-15(9-5-10-16-15)14(20)17-12-7-4-3-6-11(12)13(18)19/h11-12,16H,2-10H2,1H3,(H,17,20)(H,18,19). The van der Waals surface area contributed by atoms with Crippen molar-refractivity contribution in [3.63, 3.8) is 0 Å². The average Bonchev–Trinajstić information content (AvgIpc) is 2.89. The molecule has 1 amide bonds. The summed E-state index contributed by atoms with van der Waals surface area (Å²) in [4.78, 5) is 23.9. The lowest BCUT2D eigenvalue weighted by Crippen LogP contribution is -2.57. The third-order valence-electron chi connectivity index (χ3n) is 4.75. The minimum absolute atomic E-state index is 0.00926. The molecule has 114 valence electrons. The number of hydrogen-bond donors (Lipinski definition) is 3. The maximum atomic E-state index is 12.6. The first-order valence-corrected chi connectivity index (χ1v) is 7.88. The summed E-state index contributed by atoms with van der Waals surface area (Å²) in [6.07, 6.45) is 7.05. The summed E-state index contributed by atoms with van der Waals surface area (Å²) >= 11 is 0. The molecule has 0 aromatic carbocycles. The van der Waals surface area contributed by atoms with Crippen LogP contribution in [0.15, 0.2) is 0 Å². The van der Waals surface area contributed by atoms with Gasteiger partial charge in [-0.1, -0.05) is 26.2 Å². The van der Waals surface area contributed by atoms with Gasteiger partial charge in [0.25, 0.3) is 0 Å². The van der Waals surface area contributed by atoms with Crippen LogP contribution in [0.3, 0.4) is 0 Å². The zero-order valence-corrected chi connectivity index (χ0v) is 12.3. The van der Waals surface area contributed by atoms with E-state index in [9.17, 15) is 14.7 Å². The second-order valence-corrected chi connectivity index (χ2v) is 6.17. The average molecular weight is 282 g/mol. The second-order valence-electron chi connectivity index (χ2n) is 6.17. The molecule has 5 heteroatoms. The molecule has 1 aliphatic heterocycles. The van der Waals surface area contributed by atoms with Gasteiger partial charge in [0.05, 0.1) is 11.5 Å². The van der Waals surface area contributed by atoms with Crippen LogP contribution in [0.25, 0.3) is 0 Å². The van der Waals surface area contributed by atoms with Crippen molar-refractivity contribution in [2.24, 2.45) is 5.92 Å². The smallest absolute Gasteiger partial charge is 0.308 e. The van der Waals surface area contributed by atoms with E-state index in [0.717, 1.165) is 51.5 Å². The lowest BCUT2D eigenvalue weighted by Gasteiger charge is -2.34. The predicted octanol–water partition coefficient (Wildman–Crippen LogP) is 1.67. The maximum Gasteiger partial charge on any atom is 0.308 e. The van der Waals surface area contributed by atoms with Crippen molar-refractivity contribution in [3.05, 3.63) is 0 Å². The molecule has 1 aliphatic carbocycles. The number of carbonyl (C=O) groups excluding carboxylic acids is 1. The van der Waals surface area contributed by atoms with Crippen LogP contribution in [-0.2, 0) is 9.59 Å². The Morgan fingerprint density at radius 3 is 2.65 bits per heavy atom. The molecule has 0 spiro atoms. The van der Waals surface area contributed by atoms with E-state index in [4.69, 9.17) is 0 Å². The molecule has 2 aliphatic rings. The summed E-state index contributed by atoms with van der Waals surface area (Å²) < 4.78 is 0. The topological polar surface area (TPSA) is 78.4 Å². The number of carbonyl (C=O) groups is 2. The SMILES string of the molecule is CCCC1(C(=O)NC2CCCCC2C(=O)O)CCCN1. The molecular formula is C15H26N2O3. The van der Waals surface area contributed by atoms with Crippen LogP contribution in [0.4, 0.5) is 0 Å². The molecule has 1 saturated carbocycles. The zero-order valence-electron chi connectivity index (χ0n) is 12.3. The summed E-state index contributed by atoms with van der Waals surface area (Å²) in [5.41, 5.74) is -0.463. The lowest BCUT2D eigenvalue weighted by molar-refractivity contribution is -0.144. The molecule has 0 aromatic rings. The maximum absolute atomic E-state index is 12.6. The van der Waals surface area contributed by atoms with Crippen LogP contribution in [0.5, 0.6) is 0 Å². The fourth-order valence-electron chi connectivity index (χ4n) is 3.66. The summed E-state index contributed by atoms with van der Waals surface area (Å²) in [7, 11) is 0. The molecule has 5 nitrogen and oxygen atoms in total. The molecule has 0 aromatic heterocycles. The molecule has 2 rings (SSSR count). The first kappa shape index (κ1) is 15.3. The highest BCUT2D eigenvalue weighted by Crippen LogP contribution is 2.28. The van der Waals surface area contributed by atoms with E-state index in [1.807, 2.05) is 0 Å². The van der Waals surface area contributed by atoms with Gasteiger partial charge in [0, 0.05) is 6.04 Å². The van der Waals surface area contributed by atoms with Crippen LogP contribution in [0, 0.1) is 5.92 Å². The number of carboxylic acid groups (broad SMARTS) is 1. The van der Waals surface area contributed by atoms with Crippen LogP contribution >= 0.6 is 0 Å². The number of carboxylic acids is 1. The summed E-state index contributed by atoms with van der Waals surface area (Å²) in [6.45, 7) is 2.95. The summed E-state index contributed by atoms with van der Waals surface area (Å²) in [6, 6.07) is -0.204.